The quantitative estimate of drug-likeness (QED) is 0.795. The normalized spacial score (nSPS) is 21.5. The molecule has 0 bridgehead atoms. The van der Waals surface area contributed by atoms with Gasteiger partial charge in [0, 0.05) is 17.6 Å². The Morgan fingerprint density at radius 3 is 2.57 bits per heavy atom. The molecule has 1 aromatic rings. The van der Waals surface area contributed by atoms with E-state index in [0.717, 1.165) is 24.8 Å². The summed E-state index contributed by atoms with van der Waals surface area (Å²) in [7, 11) is -3.40. The van der Waals surface area contributed by atoms with Crippen molar-refractivity contribution in [1.29, 1.82) is 0 Å². The van der Waals surface area contributed by atoms with Gasteiger partial charge in [-0.1, -0.05) is 19.9 Å². The fourth-order valence-electron chi connectivity index (χ4n) is 2.96. The molecule has 0 radical (unpaired) electrons. The Labute approximate surface area is 136 Å². The van der Waals surface area contributed by atoms with Gasteiger partial charge in [0.25, 0.3) is 0 Å². The second kappa shape index (κ2) is 6.80. The van der Waals surface area contributed by atoms with E-state index in [9.17, 15) is 8.42 Å². The van der Waals surface area contributed by atoms with Crippen molar-refractivity contribution in [1.82, 2.24) is 4.31 Å². The molecular formula is C16H24BrNO2S. The first-order chi connectivity index (χ1) is 9.82. The van der Waals surface area contributed by atoms with E-state index < -0.39 is 10.0 Å². The van der Waals surface area contributed by atoms with Crippen molar-refractivity contribution in [2.24, 2.45) is 11.8 Å². The molecule has 0 amide bonds. The van der Waals surface area contributed by atoms with Gasteiger partial charge in [0.05, 0.1) is 4.90 Å². The molecule has 0 aromatic heterocycles. The van der Waals surface area contributed by atoms with Crippen molar-refractivity contribution in [2.45, 2.75) is 44.9 Å². The number of hydrogen-bond acceptors (Lipinski definition) is 2. The minimum Gasteiger partial charge on any atom is -0.207 e. The van der Waals surface area contributed by atoms with E-state index in [1.54, 1.807) is 10.4 Å². The van der Waals surface area contributed by atoms with Crippen LogP contribution in [-0.4, -0.2) is 25.8 Å². The van der Waals surface area contributed by atoms with E-state index in [2.05, 4.69) is 29.8 Å². The maximum Gasteiger partial charge on any atom is 0.244 e. The molecule has 1 aromatic carbocycles. The van der Waals surface area contributed by atoms with Gasteiger partial charge in [0.15, 0.2) is 0 Å². The van der Waals surface area contributed by atoms with E-state index in [1.165, 1.54) is 0 Å². The fraction of sp³-hybridized carbons (Fsp3) is 0.625. The number of sulfonamides is 1. The SMILES string of the molecule is Cc1ccc(S(=O)(=O)N2CCCC(C(C)C)CC2)c(Br)c1. The van der Waals surface area contributed by atoms with Gasteiger partial charge in [-0.25, -0.2) is 8.42 Å². The lowest BCUT2D eigenvalue weighted by Gasteiger charge is -2.22. The molecule has 2 rings (SSSR count). The van der Waals surface area contributed by atoms with Crippen LogP contribution in [0.4, 0.5) is 0 Å². The highest BCUT2D eigenvalue weighted by molar-refractivity contribution is 9.10. The molecule has 0 aliphatic carbocycles. The number of aryl methyl sites for hydroxylation is 1. The highest BCUT2D eigenvalue weighted by Crippen LogP contribution is 2.30. The molecule has 1 fully saturated rings. The standard InChI is InChI=1S/C16H24BrNO2S/c1-12(2)14-5-4-9-18(10-8-14)21(19,20)16-7-6-13(3)11-15(16)17/h6-7,11-12,14H,4-5,8-10H2,1-3H3. The number of halogens is 1. The van der Waals surface area contributed by atoms with Gasteiger partial charge in [0.2, 0.25) is 10.0 Å². The van der Waals surface area contributed by atoms with Crippen molar-refractivity contribution in [3.63, 3.8) is 0 Å². The lowest BCUT2D eigenvalue weighted by atomic mass is 9.89. The largest absolute Gasteiger partial charge is 0.244 e. The summed E-state index contributed by atoms with van der Waals surface area (Å²) in [5.74, 6) is 1.26. The summed E-state index contributed by atoms with van der Waals surface area (Å²) in [6, 6.07) is 5.42. The molecule has 1 aliphatic heterocycles. The molecule has 0 N–H and O–H groups in total. The third kappa shape index (κ3) is 3.88. The third-order valence-electron chi connectivity index (χ3n) is 4.38. The van der Waals surface area contributed by atoms with Crippen molar-refractivity contribution in [3.05, 3.63) is 28.2 Å². The number of hydrogen-bond donors (Lipinski definition) is 0. The average Bonchev–Trinajstić information content (AvgIpc) is 2.64. The molecule has 3 nitrogen and oxygen atoms in total. The van der Waals surface area contributed by atoms with Gasteiger partial charge in [-0.3, -0.25) is 0 Å². The predicted octanol–water partition coefficient (Wildman–Crippen LogP) is 4.20. The summed E-state index contributed by atoms with van der Waals surface area (Å²) < 4.78 is 28.0. The first-order valence-electron chi connectivity index (χ1n) is 7.58. The fourth-order valence-corrected chi connectivity index (χ4v) is 5.60. The average molecular weight is 374 g/mol. The van der Waals surface area contributed by atoms with Gasteiger partial charge in [0.1, 0.15) is 0 Å². The topological polar surface area (TPSA) is 37.4 Å². The summed E-state index contributed by atoms with van der Waals surface area (Å²) >= 11 is 3.40. The second-order valence-electron chi connectivity index (χ2n) is 6.27. The highest BCUT2D eigenvalue weighted by Gasteiger charge is 2.29. The third-order valence-corrected chi connectivity index (χ3v) is 7.26. The van der Waals surface area contributed by atoms with Crippen LogP contribution in [0.1, 0.15) is 38.7 Å². The van der Waals surface area contributed by atoms with Gasteiger partial charge in [-0.15, -0.1) is 0 Å². The molecule has 21 heavy (non-hydrogen) atoms. The Morgan fingerprint density at radius 1 is 1.24 bits per heavy atom. The van der Waals surface area contributed by atoms with Crippen molar-refractivity contribution < 1.29 is 8.42 Å². The van der Waals surface area contributed by atoms with Crippen LogP contribution in [0.15, 0.2) is 27.6 Å². The molecule has 5 heteroatoms. The van der Waals surface area contributed by atoms with Crippen LogP contribution in [0.3, 0.4) is 0 Å². The Kier molecular flexibility index (Phi) is 5.49. The molecule has 1 atom stereocenters. The van der Waals surface area contributed by atoms with Crippen molar-refractivity contribution in [3.8, 4) is 0 Å². The van der Waals surface area contributed by atoms with Gasteiger partial charge in [-0.05, 0) is 71.6 Å². The van der Waals surface area contributed by atoms with Crippen LogP contribution in [0, 0.1) is 18.8 Å². The first-order valence-corrected chi connectivity index (χ1v) is 9.82. The maximum absolute atomic E-state index is 12.8. The highest BCUT2D eigenvalue weighted by atomic mass is 79.9. The predicted molar refractivity (Wildman–Crippen MR) is 89.8 cm³/mol. The van der Waals surface area contributed by atoms with Crippen molar-refractivity contribution >= 4 is 26.0 Å². The Morgan fingerprint density at radius 2 is 1.95 bits per heavy atom. The summed E-state index contributed by atoms with van der Waals surface area (Å²) in [6.45, 7) is 7.68. The Hall–Kier alpha value is -0.390. The molecule has 1 heterocycles. The lowest BCUT2D eigenvalue weighted by molar-refractivity contribution is 0.340. The molecule has 1 aliphatic rings. The van der Waals surface area contributed by atoms with E-state index in [0.29, 0.717) is 34.3 Å². The molecule has 118 valence electrons. The maximum atomic E-state index is 12.8. The molecular weight excluding hydrogens is 350 g/mol. The zero-order valence-corrected chi connectivity index (χ0v) is 15.4. The van der Waals surface area contributed by atoms with Gasteiger partial charge < -0.3 is 0 Å². The van der Waals surface area contributed by atoms with Gasteiger partial charge >= 0.3 is 0 Å². The Bertz CT molecular complexity index is 598. The van der Waals surface area contributed by atoms with E-state index >= 15 is 0 Å². The van der Waals surface area contributed by atoms with E-state index in [4.69, 9.17) is 0 Å². The Balaban J connectivity index is 2.23. The smallest absolute Gasteiger partial charge is 0.207 e. The van der Waals surface area contributed by atoms with Crippen LogP contribution in [0.2, 0.25) is 0 Å². The first kappa shape index (κ1) is 17.0. The minimum absolute atomic E-state index is 0.385. The zero-order chi connectivity index (χ0) is 15.6. The zero-order valence-electron chi connectivity index (χ0n) is 13.0. The number of benzene rings is 1. The summed E-state index contributed by atoms with van der Waals surface area (Å²) in [4.78, 5) is 0.385. The molecule has 1 unspecified atom stereocenters. The van der Waals surface area contributed by atoms with E-state index in [-0.39, 0.29) is 0 Å². The van der Waals surface area contributed by atoms with Crippen LogP contribution >= 0.6 is 15.9 Å². The minimum atomic E-state index is -3.40. The summed E-state index contributed by atoms with van der Waals surface area (Å²) in [5.41, 5.74) is 1.05. The van der Waals surface area contributed by atoms with E-state index in [1.807, 2.05) is 19.1 Å². The number of rotatable bonds is 3. The summed E-state index contributed by atoms with van der Waals surface area (Å²) in [5, 5.41) is 0. The lowest BCUT2D eigenvalue weighted by Crippen LogP contribution is -2.32. The van der Waals surface area contributed by atoms with Crippen LogP contribution < -0.4 is 0 Å². The second-order valence-corrected chi connectivity index (χ2v) is 9.03. The summed E-state index contributed by atoms with van der Waals surface area (Å²) in [6.07, 6.45) is 3.03. The van der Waals surface area contributed by atoms with Crippen molar-refractivity contribution in [2.75, 3.05) is 13.1 Å². The molecule has 0 saturated carbocycles. The van der Waals surface area contributed by atoms with Crippen LogP contribution in [0.5, 0.6) is 0 Å². The van der Waals surface area contributed by atoms with Crippen LogP contribution in [0.25, 0.3) is 0 Å². The van der Waals surface area contributed by atoms with Crippen LogP contribution in [-0.2, 0) is 10.0 Å². The molecule has 1 saturated heterocycles. The number of nitrogens with zero attached hydrogens (tertiary/aromatic N) is 1. The molecule has 0 spiro atoms. The monoisotopic (exact) mass is 373 g/mol. The van der Waals surface area contributed by atoms with Gasteiger partial charge in [-0.2, -0.15) is 4.31 Å².